The van der Waals surface area contributed by atoms with Gasteiger partial charge in [0.05, 0.1) is 13.5 Å². The molecule has 0 saturated carbocycles. The minimum Gasteiger partial charge on any atom is -0.469 e. The van der Waals surface area contributed by atoms with Crippen LogP contribution in [0.15, 0.2) is 24.3 Å². The minimum atomic E-state index is -0.335. The average molecular weight is 270 g/mol. The first-order chi connectivity index (χ1) is 8.56. The van der Waals surface area contributed by atoms with Crippen molar-refractivity contribution in [3.63, 3.8) is 0 Å². The molecule has 0 spiro atoms. The van der Waals surface area contributed by atoms with Crippen LogP contribution in [0.25, 0.3) is 0 Å². The molecule has 1 rings (SSSR count). The van der Waals surface area contributed by atoms with Crippen molar-refractivity contribution in [1.29, 1.82) is 0 Å². The fraction of sp³-hybridized carbons (Fsp3) is 0.385. The van der Waals surface area contributed by atoms with Gasteiger partial charge in [0.2, 0.25) is 0 Å². The number of esters is 1. The van der Waals surface area contributed by atoms with Crippen molar-refractivity contribution in [2.75, 3.05) is 7.11 Å². The Morgan fingerprint density at radius 3 is 2.44 bits per heavy atom. The summed E-state index contributed by atoms with van der Waals surface area (Å²) in [5.41, 5.74) is 0.516. The molecule has 1 unspecified atom stereocenters. The summed E-state index contributed by atoms with van der Waals surface area (Å²) in [5, 5.41) is 3.36. The standard InChI is InChI=1S/C13H16ClNO3/c1-3-11(8-12(16)18-2)15-13(17)9-4-6-10(14)7-5-9/h4-7,11H,3,8H2,1-2H3,(H,15,17). The van der Waals surface area contributed by atoms with Crippen molar-refractivity contribution in [3.05, 3.63) is 34.9 Å². The summed E-state index contributed by atoms with van der Waals surface area (Å²) in [4.78, 5) is 23.0. The molecule has 0 aromatic heterocycles. The third-order valence-electron chi connectivity index (χ3n) is 2.58. The zero-order chi connectivity index (χ0) is 13.5. The molecule has 0 aliphatic carbocycles. The maximum Gasteiger partial charge on any atom is 0.307 e. The summed E-state index contributed by atoms with van der Waals surface area (Å²) in [6.45, 7) is 1.90. The van der Waals surface area contributed by atoms with Gasteiger partial charge in [-0.05, 0) is 30.7 Å². The molecule has 1 aromatic rings. The van der Waals surface area contributed by atoms with Crippen LogP contribution in [-0.4, -0.2) is 25.0 Å². The Kier molecular flexibility index (Phi) is 5.65. The molecule has 0 aliphatic heterocycles. The molecule has 1 amide bonds. The molecular formula is C13H16ClNO3. The number of amides is 1. The Morgan fingerprint density at radius 2 is 1.94 bits per heavy atom. The van der Waals surface area contributed by atoms with Crippen LogP contribution in [-0.2, 0) is 9.53 Å². The van der Waals surface area contributed by atoms with Gasteiger partial charge < -0.3 is 10.1 Å². The monoisotopic (exact) mass is 269 g/mol. The third-order valence-corrected chi connectivity index (χ3v) is 2.83. The zero-order valence-electron chi connectivity index (χ0n) is 10.4. The second-order valence-electron chi connectivity index (χ2n) is 3.87. The average Bonchev–Trinajstić information content (AvgIpc) is 2.38. The van der Waals surface area contributed by atoms with Crippen molar-refractivity contribution < 1.29 is 14.3 Å². The van der Waals surface area contributed by atoms with E-state index in [9.17, 15) is 9.59 Å². The van der Waals surface area contributed by atoms with Crippen LogP contribution in [0.1, 0.15) is 30.1 Å². The first-order valence-electron chi connectivity index (χ1n) is 5.70. The van der Waals surface area contributed by atoms with Crippen LogP contribution in [0.5, 0.6) is 0 Å². The molecule has 0 heterocycles. The second-order valence-corrected chi connectivity index (χ2v) is 4.30. The molecule has 5 heteroatoms. The highest BCUT2D eigenvalue weighted by Gasteiger charge is 2.15. The number of hydrogen-bond acceptors (Lipinski definition) is 3. The lowest BCUT2D eigenvalue weighted by molar-refractivity contribution is -0.141. The Morgan fingerprint density at radius 1 is 1.33 bits per heavy atom. The maximum atomic E-state index is 11.9. The van der Waals surface area contributed by atoms with Crippen LogP contribution < -0.4 is 5.32 Å². The van der Waals surface area contributed by atoms with E-state index in [0.29, 0.717) is 17.0 Å². The zero-order valence-corrected chi connectivity index (χ0v) is 11.2. The van der Waals surface area contributed by atoms with Crippen LogP contribution in [0.3, 0.4) is 0 Å². The summed E-state index contributed by atoms with van der Waals surface area (Å²) in [6.07, 6.45) is 0.834. The summed E-state index contributed by atoms with van der Waals surface area (Å²) in [7, 11) is 1.33. The number of carbonyl (C=O) groups is 2. The molecular weight excluding hydrogens is 254 g/mol. The minimum absolute atomic E-state index is 0.173. The van der Waals surface area contributed by atoms with Gasteiger partial charge in [0.25, 0.3) is 5.91 Å². The highest BCUT2D eigenvalue weighted by Crippen LogP contribution is 2.10. The Balaban J connectivity index is 2.61. The number of ether oxygens (including phenoxy) is 1. The molecule has 0 saturated heterocycles. The lowest BCUT2D eigenvalue weighted by Crippen LogP contribution is -2.36. The topological polar surface area (TPSA) is 55.4 Å². The number of benzene rings is 1. The van der Waals surface area contributed by atoms with Crippen LogP contribution in [0, 0.1) is 0 Å². The summed E-state index contributed by atoms with van der Waals surface area (Å²) >= 11 is 5.74. The maximum absolute atomic E-state index is 11.9. The van der Waals surface area contributed by atoms with Gasteiger partial charge in [0.15, 0.2) is 0 Å². The SMILES string of the molecule is CCC(CC(=O)OC)NC(=O)c1ccc(Cl)cc1. The van der Waals surface area contributed by atoms with Gasteiger partial charge in [-0.25, -0.2) is 0 Å². The number of hydrogen-bond donors (Lipinski definition) is 1. The first-order valence-corrected chi connectivity index (χ1v) is 6.07. The number of nitrogens with one attached hydrogen (secondary N) is 1. The van der Waals surface area contributed by atoms with E-state index in [-0.39, 0.29) is 24.3 Å². The van der Waals surface area contributed by atoms with E-state index in [0.717, 1.165) is 0 Å². The van der Waals surface area contributed by atoms with Gasteiger partial charge in [0, 0.05) is 16.6 Å². The molecule has 0 radical (unpaired) electrons. The number of halogens is 1. The van der Waals surface area contributed by atoms with Crippen molar-refractivity contribution >= 4 is 23.5 Å². The van der Waals surface area contributed by atoms with Crippen LogP contribution >= 0.6 is 11.6 Å². The quantitative estimate of drug-likeness (QED) is 0.835. The summed E-state index contributed by atoms with van der Waals surface area (Å²) < 4.78 is 4.58. The van der Waals surface area contributed by atoms with Gasteiger partial charge in [-0.3, -0.25) is 9.59 Å². The van der Waals surface area contributed by atoms with Crippen LogP contribution in [0.2, 0.25) is 5.02 Å². The van der Waals surface area contributed by atoms with Crippen molar-refractivity contribution in [2.45, 2.75) is 25.8 Å². The van der Waals surface area contributed by atoms with E-state index in [2.05, 4.69) is 10.1 Å². The van der Waals surface area contributed by atoms with Crippen LogP contribution in [0.4, 0.5) is 0 Å². The lowest BCUT2D eigenvalue weighted by atomic mass is 10.1. The predicted molar refractivity (Wildman–Crippen MR) is 69.6 cm³/mol. The summed E-state index contributed by atoms with van der Waals surface area (Å²) in [5.74, 6) is -0.555. The second kappa shape index (κ2) is 7.01. The Bertz CT molecular complexity index is 417. The van der Waals surface area contributed by atoms with E-state index >= 15 is 0 Å². The highest BCUT2D eigenvalue weighted by molar-refractivity contribution is 6.30. The van der Waals surface area contributed by atoms with Gasteiger partial charge in [-0.1, -0.05) is 18.5 Å². The Labute approximate surface area is 111 Å². The largest absolute Gasteiger partial charge is 0.469 e. The van der Waals surface area contributed by atoms with Gasteiger partial charge >= 0.3 is 5.97 Å². The van der Waals surface area contributed by atoms with E-state index in [1.807, 2.05) is 6.92 Å². The van der Waals surface area contributed by atoms with Gasteiger partial charge in [-0.15, -0.1) is 0 Å². The van der Waals surface area contributed by atoms with Gasteiger partial charge in [-0.2, -0.15) is 0 Å². The van der Waals surface area contributed by atoms with Crippen molar-refractivity contribution in [1.82, 2.24) is 5.32 Å². The lowest BCUT2D eigenvalue weighted by Gasteiger charge is -2.15. The molecule has 1 atom stereocenters. The number of rotatable bonds is 5. The number of methoxy groups -OCH3 is 1. The number of carbonyl (C=O) groups excluding carboxylic acids is 2. The predicted octanol–water partition coefficient (Wildman–Crippen LogP) is 2.41. The highest BCUT2D eigenvalue weighted by atomic mass is 35.5. The molecule has 1 N–H and O–H groups in total. The molecule has 0 fully saturated rings. The van der Waals surface area contributed by atoms with Gasteiger partial charge in [0.1, 0.15) is 0 Å². The molecule has 18 heavy (non-hydrogen) atoms. The van der Waals surface area contributed by atoms with E-state index in [1.54, 1.807) is 24.3 Å². The fourth-order valence-electron chi connectivity index (χ4n) is 1.45. The molecule has 1 aromatic carbocycles. The van der Waals surface area contributed by atoms with E-state index in [1.165, 1.54) is 7.11 Å². The molecule has 98 valence electrons. The molecule has 4 nitrogen and oxygen atoms in total. The van der Waals surface area contributed by atoms with Crippen molar-refractivity contribution in [3.8, 4) is 0 Å². The molecule has 0 bridgehead atoms. The molecule has 0 aliphatic rings. The fourth-order valence-corrected chi connectivity index (χ4v) is 1.58. The smallest absolute Gasteiger partial charge is 0.307 e. The third kappa shape index (κ3) is 4.37. The van der Waals surface area contributed by atoms with E-state index in [4.69, 9.17) is 11.6 Å². The summed E-state index contributed by atoms with van der Waals surface area (Å²) in [6, 6.07) is 6.36. The first kappa shape index (κ1) is 14.5. The normalized spacial score (nSPS) is 11.7. The Hall–Kier alpha value is -1.55. The van der Waals surface area contributed by atoms with E-state index < -0.39 is 0 Å². The van der Waals surface area contributed by atoms with Crippen molar-refractivity contribution in [2.24, 2.45) is 0 Å².